The summed E-state index contributed by atoms with van der Waals surface area (Å²) in [5, 5.41) is 20.1. The Balaban J connectivity index is 1.40. The van der Waals surface area contributed by atoms with Gasteiger partial charge in [-0.2, -0.15) is 0 Å². The van der Waals surface area contributed by atoms with E-state index in [1.54, 1.807) is 5.57 Å². The van der Waals surface area contributed by atoms with Gasteiger partial charge in [-0.25, -0.2) is 0 Å². The van der Waals surface area contributed by atoms with Crippen molar-refractivity contribution in [2.75, 3.05) is 0 Å². The molecule has 0 saturated heterocycles. The van der Waals surface area contributed by atoms with E-state index in [2.05, 4.69) is 26.8 Å². The van der Waals surface area contributed by atoms with Crippen LogP contribution in [0.4, 0.5) is 0 Å². The number of primary amides is 1. The van der Waals surface area contributed by atoms with Gasteiger partial charge in [-0.05, 0) is 104 Å². The van der Waals surface area contributed by atoms with Crippen molar-refractivity contribution >= 4 is 5.91 Å². The quantitative estimate of drug-likeness (QED) is 0.470. The van der Waals surface area contributed by atoms with Crippen LogP contribution >= 0.6 is 0 Å². The minimum absolute atomic E-state index is 0.0555. The number of amides is 1. The van der Waals surface area contributed by atoms with Crippen LogP contribution in [0.15, 0.2) is 11.6 Å². The van der Waals surface area contributed by atoms with Gasteiger partial charge in [0.25, 0.3) is 0 Å². The highest BCUT2D eigenvalue weighted by molar-refractivity contribution is 5.78. The highest BCUT2D eigenvalue weighted by atomic mass is 16.3. The molecule has 4 nitrogen and oxygen atoms in total. The van der Waals surface area contributed by atoms with E-state index in [9.17, 15) is 15.0 Å². The molecule has 182 valence electrons. The maximum absolute atomic E-state index is 11.2. The molecule has 4 aliphatic rings. The molecule has 2 unspecified atom stereocenters. The molecule has 0 heterocycles. The molecule has 0 aliphatic heterocycles. The Morgan fingerprint density at radius 1 is 1.12 bits per heavy atom. The zero-order valence-electron chi connectivity index (χ0n) is 20.9. The molecule has 0 spiro atoms. The van der Waals surface area contributed by atoms with E-state index in [-0.39, 0.29) is 12.0 Å². The van der Waals surface area contributed by atoms with E-state index in [0.717, 1.165) is 49.4 Å². The zero-order valence-corrected chi connectivity index (χ0v) is 20.9. The second kappa shape index (κ2) is 9.06. The molecule has 32 heavy (non-hydrogen) atoms. The van der Waals surface area contributed by atoms with E-state index in [0.29, 0.717) is 16.7 Å². The van der Waals surface area contributed by atoms with Crippen LogP contribution in [-0.2, 0) is 4.79 Å². The molecule has 4 rings (SSSR count). The Bertz CT molecular complexity index is 734. The lowest BCUT2D eigenvalue weighted by molar-refractivity contribution is -0.128. The van der Waals surface area contributed by atoms with Crippen molar-refractivity contribution in [2.45, 2.75) is 111 Å². The minimum atomic E-state index is -1.01. The van der Waals surface area contributed by atoms with Crippen LogP contribution in [0.5, 0.6) is 0 Å². The number of nitrogens with two attached hydrogens (primary N) is 1. The summed E-state index contributed by atoms with van der Waals surface area (Å²) in [6, 6.07) is 0. The van der Waals surface area contributed by atoms with Crippen molar-refractivity contribution in [1.29, 1.82) is 0 Å². The third-order valence-electron chi connectivity index (χ3n) is 11.0. The monoisotopic (exact) mass is 445 g/mol. The van der Waals surface area contributed by atoms with Gasteiger partial charge >= 0.3 is 0 Å². The summed E-state index contributed by atoms with van der Waals surface area (Å²) in [5.41, 5.74) is 7.61. The zero-order chi connectivity index (χ0) is 23.3. The maximum atomic E-state index is 11.2. The minimum Gasteiger partial charge on any atom is -0.393 e. The maximum Gasteiger partial charge on any atom is 0.246 e. The Hall–Kier alpha value is -0.870. The Morgan fingerprint density at radius 2 is 1.88 bits per heavy atom. The van der Waals surface area contributed by atoms with Gasteiger partial charge in [-0.15, -0.1) is 0 Å². The first kappa shape index (κ1) is 24.3. The van der Waals surface area contributed by atoms with Crippen LogP contribution in [0.1, 0.15) is 98.3 Å². The molecule has 4 heteroatoms. The Morgan fingerprint density at radius 3 is 2.59 bits per heavy atom. The number of hydrogen-bond donors (Lipinski definition) is 3. The van der Waals surface area contributed by atoms with Crippen LogP contribution in [-0.4, -0.2) is 28.3 Å². The molecule has 3 saturated carbocycles. The summed E-state index contributed by atoms with van der Waals surface area (Å²) in [6.45, 7) is 9.50. The molecule has 4 N–H and O–H groups in total. The summed E-state index contributed by atoms with van der Waals surface area (Å²) >= 11 is 0. The van der Waals surface area contributed by atoms with E-state index in [1.165, 1.54) is 44.9 Å². The third-order valence-corrected chi connectivity index (χ3v) is 11.0. The van der Waals surface area contributed by atoms with Crippen molar-refractivity contribution < 1.29 is 15.0 Å². The van der Waals surface area contributed by atoms with Crippen molar-refractivity contribution in [3.63, 3.8) is 0 Å². The van der Waals surface area contributed by atoms with Gasteiger partial charge in [0.15, 0.2) is 0 Å². The fraction of sp³-hybridized carbons (Fsp3) is 0.893. The Kier molecular flexibility index (Phi) is 6.87. The highest BCUT2D eigenvalue weighted by Gasteiger charge is 2.59. The van der Waals surface area contributed by atoms with Crippen LogP contribution in [0.3, 0.4) is 0 Å². The standard InChI is InChI=1S/C28H47NO3/c1-17(6-5-7-18(2)25(31)26(29)32)22-10-11-23-21-9-8-19-16-20(30)12-14-27(19,3)24(21)13-15-28(22,23)4/h8,17-18,20-25,30-31H,5-7,9-16H2,1-4H3,(H2,29,32)/t17-,18?,20+,21+,22-,23+,24+,25?,27+,28-/m1/s1. The summed E-state index contributed by atoms with van der Waals surface area (Å²) in [5.74, 6) is 3.29. The average molecular weight is 446 g/mol. The van der Waals surface area contributed by atoms with Crippen molar-refractivity contribution in [1.82, 2.24) is 0 Å². The lowest BCUT2D eigenvalue weighted by Crippen LogP contribution is -2.50. The van der Waals surface area contributed by atoms with E-state index in [4.69, 9.17) is 5.73 Å². The second-order valence-corrected chi connectivity index (χ2v) is 12.6. The van der Waals surface area contributed by atoms with E-state index >= 15 is 0 Å². The second-order valence-electron chi connectivity index (χ2n) is 12.6. The van der Waals surface area contributed by atoms with Gasteiger partial charge in [0.05, 0.1) is 6.10 Å². The summed E-state index contributed by atoms with van der Waals surface area (Å²) in [6.07, 6.45) is 14.2. The number of hydrogen-bond acceptors (Lipinski definition) is 3. The topological polar surface area (TPSA) is 83.6 Å². The number of fused-ring (bicyclic) bond motifs is 5. The number of aliphatic hydroxyl groups is 2. The van der Waals surface area contributed by atoms with Gasteiger partial charge in [-0.3, -0.25) is 4.79 Å². The van der Waals surface area contributed by atoms with Gasteiger partial charge in [0.2, 0.25) is 5.91 Å². The molecular weight excluding hydrogens is 398 g/mol. The van der Waals surface area contributed by atoms with Crippen molar-refractivity contribution in [3.05, 3.63) is 11.6 Å². The molecule has 0 aromatic heterocycles. The van der Waals surface area contributed by atoms with Gasteiger partial charge in [-0.1, -0.05) is 52.2 Å². The predicted octanol–water partition coefficient (Wildman–Crippen LogP) is 5.22. The first-order chi connectivity index (χ1) is 15.1. The molecule has 3 fully saturated rings. The van der Waals surface area contributed by atoms with Crippen LogP contribution in [0, 0.1) is 46.3 Å². The molecule has 0 radical (unpaired) electrons. The predicted molar refractivity (Wildman–Crippen MR) is 129 cm³/mol. The molecular formula is C28H47NO3. The SMILES string of the molecule is CC(CCC[C@@H](C)[C@H]1CC[C@H]2[C@@H]3CC=C4C[C@@H](O)CC[C@]4(C)[C@H]3CC[C@]12C)C(O)C(N)=O. The summed E-state index contributed by atoms with van der Waals surface area (Å²) in [7, 11) is 0. The molecule has 10 atom stereocenters. The van der Waals surface area contributed by atoms with Crippen LogP contribution < -0.4 is 5.73 Å². The molecule has 0 aromatic rings. The number of aliphatic hydroxyl groups excluding tert-OH is 2. The van der Waals surface area contributed by atoms with Gasteiger partial charge < -0.3 is 15.9 Å². The average Bonchev–Trinajstić information content (AvgIpc) is 3.10. The molecule has 4 aliphatic carbocycles. The Labute approximate surface area is 195 Å². The number of carbonyl (C=O) groups excluding carboxylic acids is 1. The first-order valence-electron chi connectivity index (χ1n) is 13.4. The largest absolute Gasteiger partial charge is 0.393 e. The smallest absolute Gasteiger partial charge is 0.246 e. The lowest BCUT2D eigenvalue weighted by atomic mass is 9.47. The number of allylic oxidation sites excluding steroid dienone is 1. The molecule has 1 amide bonds. The van der Waals surface area contributed by atoms with Crippen LogP contribution in [0.25, 0.3) is 0 Å². The molecule has 0 aromatic carbocycles. The fourth-order valence-corrected chi connectivity index (χ4v) is 9.02. The summed E-state index contributed by atoms with van der Waals surface area (Å²) in [4.78, 5) is 11.2. The van der Waals surface area contributed by atoms with Crippen molar-refractivity contribution in [2.24, 2.45) is 52.1 Å². The molecule has 0 bridgehead atoms. The van der Waals surface area contributed by atoms with Crippen molar-refractivity contribution in [3.8, 4) is 0 Å². The van der Waals surface area contributed by atoms with Gasteiger partial charge in [0.1, 0.15) is 6.10 Å². The highest BCUT2D eigenvalue weighted by Crippen LogP contribution is 2.67. The van der Waals surface area contributed by atoms with Crippen LogP contribution in [0.2, 0.25) is 0 Å². The third kappa shape index (κ3) is 4.08. The van der Waals surface area contributed by atoms with Gasteiger partial charge in [0, 0.05) is 0 Å². The summed E-state index contributed by atoms with van der Waals surface area (Å²) < 4.78 is 0. The fourth-order valence-electron chi connectivity index (χ4n) is 9.02. The first-order valence-corrected chi connectivity index (χ1v) is 13.4. The number of carbonyl (C=O) groups is 1. The number of rotatable bonds is 7. The van der Waals surface area contributed by atoms with E-state index in [1.807, 2.05) is 6.92 Å². The normalized spacial score (nSPS) is 43.9. The lowest BCUT2D eigenvalue weighted by Gasteiger charge is -2.58. The van der Waals surface area contributed by atoms with E-state index < -0.39 is 12.0 Å².